The van der Waals surface area contributed by atoms with Gasteiger partial charge in [0.2, 0.25) is 0 Å². The molecule has 1 N–H and O–H groups in total. The number of aryl methyl sites for hydroxylation is 1. The summed E-state index contributed by atoms with van der Waals surface area (Å²) in [4.78, 5) is 34.2. The van der Waals surface area contributed by atoms with Crippen LogP contribution in [0.25, 0.3) is 16.6 Å². The largest absolute Gasteiger partial charge is 0.456 e. The number of fused-ring (bicyclic) bond motifs is 1. The lowest BCUT2D eigenvalue weighted by Gasteiger charge is -2.13. The molecule has 8 heteroatoms. The Morgan fingerprint density at radius 2 is 1.80 bits per heavy atom. The van der Waals surface area contributed by atoms with Crippen LogP contribution in [0.4, 0.5) is 5.69 Å². The average molecular weight is 483 g/mol. The van der Waals surface area contributed by atoms with Crippen molar-refractivity contribution in [3.63, 3.8) is 0 Å². The molecule has 0 spiro atoms. The standard InChI is InChI=1S/C27H19ClN4O3/c1-17-14-18(9-10-23(17)35-24-11-12-29-22-16-30-25(28)15-21(22)24)31-26(33)20-8-5-13-32(27(20)34)19-6-3-2-4-7-19/h2-16H,1H3,(H,31,33). The number of nitrogens with one attached hydrogen (secondary N) is 1. The highest BCUT2D eigenvalue weighted by atomic mass is 35.5. The second kappa shape index (κ2) is 9.40. The molecule has 0 saturated carbocycles. The van der Waals surface area contributed by atoms with Gasteiger partial charge in [-0.1, -0.05) is 29.8 Å². The van der Waals surface area contributed by atoms with Crippen molar-refractivity contribution in [3.8, 4) is 17.2 Å². The molecule has 5 rings (SSSR count). The van der Waals surface area contributed by atoms with Gasteiger partial charge in [0.25, 0.3) is 11.5 Å². The number of hydrogen-bond donors (Lipinski definition) is 1. The molecule has 35 heavy (non-hydrogen) atoms. The first-order valence-corrected chi connectivity index (χ1v) is 11.1. The third kappa shape index (κ3) is 4.62. The summed E-state index contributed by atoms with van der Waals surface area (Å²) in [6.07, 6.45) is 4.86. The Morgan fingerprint density at radius 1 is 0.971 bits per heavy atom. The van der Waals surface area contributed by atoms with Gasteiger partial charge in [-0.25, -0.2) is 4.98 Å². The number of benzene rings is 2. The highest BCUT2D eigenvalue weighted by Crippen LogP contribution is 2.32. The van der Waals surface area contributed by atoms with Crippen molar-refractivity contribution < 1.29 is 9.53 Å². The van der Waals surface area contributed by atoms with Crippen molar-refractivity contribution in [2.24, 2.45) is 0 Å². The zero-order chi connectivity index (χ0) is 24.4. The van der Waals surface area contributed by atoms with Crippen LogP contribution in [0.5, 0.6) is 11.5 Å². The predicted molar refractivity (Wildman–Crippen MR) is 136 cm³/mol. The minimum atomic E-state index is -0.490. The number of nitrogens with zero attached hydrogens (tertiary/aromatic N) is 3. The number of anilines is 1. The van der Waals surface area contributed by atoms with E-state index < -0.39 is 11.5 Å². The van der Waals surface area contributed by atoms with E-state index in [0.717, 1.165) is 10.9 Å². The number of halogens is 1. The van der Waals surface area contributed by atoms with Crippen molar-refractivity contribution in [2.75, 3.05) is 5.32 Å². The van der Waals surface area contributed by atoms with E-state index in [0.29, 0.717) is 33.5 Å². The summed E-state index contributed by atoms with van der Waals surface area (Å²) < 4.78 is 7.56. The Labute approximate surface area is 205 Å². The minimum Gasteiger partial charge on any atom is -0.456 e. The van der Waals surface area contributed by atoms with Gasteiger partial charge in [0.1, 0.15) is 22.2 Å². The molecule has 0 saturated heterocycles. The van der Waals surface area contributed by atoms with Crippen molar-refractivity contribution >= 4 is 34.1 Å². The van der Waals surface area contributed by atoms with Crippen LogP contribution < -0.4 is 15.6 Å². The van der Waals surface area contributed by atoms with Gasteiger partial charge < -0.3 is 10.1 Å². The van der Waals surface area contributed by atoms with Crippen LogP contribution in [-0.4, -0.2) is 20.4 Å². The fraction of sp³-hybridized carbons (Fsp3) is 0.0370. The SMILES string of the molecule is Cc1cc(NC(=O)c2cccn(-c3ccccc3)c2=O)ccc1Oc1ccnc2cnc(Cl)cc12. The number of pyridine rings is 3. The number of ether oxygens (including phenoxy) is 1. The van der Waals surface area contributed by atoms with Gasteiger partial charge in [-0.05, 0) is 67.1 Å². The average Bonchev–Trinajstić information content (AvgIpc) is 2.86. The van der Waals surface area contributed by atoms with E-state index in [-0.39, 0.29) is 5.56 Å². The maximum Gasteiger partial charge on any atom is 0.267 e. The molecule has 0 fully saturated rings. The first-order valence-electron chi connectivity index (χ1n) is 10.8. The predicted octanol–water partition coefficient (Wildman–Crippen LogP) is 5.79. The Morgan fingerprint density at radius 3 is 2.60 bits per heavy atom. The molecule has 7 nitrogen and oxygen atoms in total. The van der Waals surface area contributed by atoms with Crippen LogP contribution in [-0.2, 0) is 0 Å². The summed E-state index contributed by atoms with van der Waals surface area (Å²) in [5, 5.41) is 3.89. The van der Waals surface area contributed by atoms with E-state index in [1.807, 2.05) is 37.3 Å². The second-order valence-electron chi connectivity index (χ2n) is 7.80. The number of para-hydroxylation sites is 1. The summed E-state index contributed by atoms with van der Waals surface area (Å²) in [6, 6.07) is 21.0. The third-order valence-electron chi connectivity index (χ3n) is 5.43. The fourth-order valence-corrected chi connectivity index (χ4v) is 3.86. The number of hydrogen-bond acceptors (Lipinski definition) is 5. The van der Waals surface area contributed by atoms with E-state index in [2.05, 4.69) is 15.3 Å². The number of carbonyl (C=O) groups excluding carboxylic acids is 1. The molecule has 5 aromatic rings. The van der Waals surface area contributed by atoms with Gasteiger partial charge in [-0.15, -0.1) is 0 Å². The Hall–Kier alpha value is -4.49. The number of rotatable bonds is 5. The van der Waals surface area contributed by atoms with E-state index >= 15 is 0 Å². The normalized spacial score (nSPS) is 10.8. The first-order chi connectivity index (χ1) is 17.0. The summed E-state index contributed by atoms with van der Waals surface area (Å²) in [5.41, 5.74) is 2.33. The maximum atomic E-state index is 12.9. The second-order valence-corrected chi connectivity index (χ2v) is 8.19. The summed E-state index contributed by atoms with van der Waals surface area (Å²) >= 11 is 6.04. The number of aromatic nitrogens is 3. The van der Waals surface area contributed by atoms with Gasteiger partial charge in [0, 0.05) is 29.2 Å². The van der Waals surface area contributed by atoms with Crippen molar-refractivity contribution in [1.29, 1.82) is 0 Å². The zero-order valence-electron chi connectivity index (χ0n) is 18.6. The summed E-state index contributed by atoms with van der Waals surface area (Å²) in [7, 11) is 0. The first kappa shape index (κ1) is 22.3. The topological polar surface area (TPSA) is 86.1 Å². The highest BCUT2D eigenvalue weighted by molar-refractivity contribution is 6.30. The summed E-state index contributed by atoms with van der Waals surface area (Å²) in [5.74, 6) is 0.704. The molecule has 0 aliphatic carbocycles. The summed E-state index contributed by atoms with van der Waals surface area (Å²) in [6.45, 7) is 1.87. The lowest BCUT2D eigenvalue weighted by molar-refractivity contribution is 0.102. The van der Waals surface area contributed by atoms with Gasteiger partial charge in [0.15, 0.2) is 0 Å². The monoisotopic (exact) mass is 482 g/mol. The molecule has 0 radical (unpaired) electrons. The lowest BCUT2D eigenvalue weighted by Crippen LogP contribution is -2.27. The molecule has 0 atom stereocenters. The lowest BCUT2D eigenvalue weighted by atomic mass is 10.1. The molecular formula is C27H19ClN4O3. The molecule has 3 heterocycles. The van der Waals surface area contributed by atoms with E-state index in [4.69, 9.17) is 16.3 Å². The van der Waals surface area contributed by atoms with Crippen LogP contribution in [0.1, 0.15) is 15.9 Å². The smallest absolute Gasteiger partial charge is 0.267 e. The Balaban J connectivity index is 1.38. The molecule has 0 aliphatic rings. The fourth-order valence-electron chi connectivity index (χ4n) is 3.70. The molecule has 172 valence electrons. The van der Waals surface area contributed by atoms with Crippen molar-refractivity contribution in [1.82, 2.24) is 14.5 Å². The molecule has 0 bridgehead atoms. The van der Waals surface area contributed by atoms with Crippen molar-refractivity contribution in [2.45, 2.75) is 6.92 Å². The Kier molecular flexibility index (Phi) is 5.99. The molecular weight excluding hydrogens is 464 g/mol. The number of carbonyl (C=O) groups is 1. The van der Waals surface area contributed by atoms with Crippen LogP contribution in [0.15, 0.2) is 96.2 Å². The van der Waals surface area contributed by atoms with Crippen LogP contribution >= 0.6 is 11.6 Å². The zero-order valence-corrected chi connectivity index (χ0v) is 19.4. The maximum absolute atomic E-state index is 12.9. The van der Waals surface area contributed by atoms with Gasteiger partial charge >= 0.3 is 0 Å². The minimum absolute atomic E-state index is 0.0445. The van der Waals surface area contributed by atoms with E-state index in [9.17, 15) is 9.59 Å². The molecule has 3 aromatic heterocycles. The van der Waals surface area contributed by atoms with E-state index in [1.54, 1.807) is 55.0 Å². The molecule has 0 aliphatic heterocycles. The van der Waals surface area contributed by atoms with Crippen LogP contribution in [0.3, 0.4) is 0 Å². The molecule has 2 aromatic carbocycles. The quantitative estimate of drug-likeness (QED) is 0.320. The number of amides is 1. The van der Waals surface area contributed by atoms with Gasteiger partial charge in [-0.2, -0.15) is 0 Å². The van der Waals surface area contributed by atoms with Crippen molar-refractivity contribution in [3.05, 3.63) is 118 Å². The highest BCUT2D eigenvalue weighted by Gasteiger charge is 2.14. The van der Waals surface area contributed by atoms with E-state index in [1.165, 1.54) is 10.6 Å². The van der Waals surface area contributed by atoms with Crippen LogP contribution in [0, 0.1) is 6.92 Å². The third-order valence-corrected chi connectivity index (χ3v) is 5.64. The molecule has 1 amide bonds. The molecule has 0 unspecified atom stereocenters. The van der Waals surface area contributed by atoms with Gasteiger partial charge in [-0.3, -0.25) is 19.1 Å². The van der Waals surface area contributed by atoms with Gasteiger partial charge in [0.05, 0.1) is 11.7 Å². The van der Waals surface area contributed by atoms with Crippen LogP contribution in [0.2, 0.25) is 5.15 Å². The Bertz CT molecular complexity index is 1620.